The standard InChI is InChI=1S/C16H28N2O/c1-13(2)11-16(8-4-5-9-16)14-12-18-15(19-14)7-6-10-17-3/h12-13,17H,4-11H2,1-3H3. The maximum absolute atomic E-state index is 6.08. The lowest BCUT2D eigenvalue weighted by molar-refractivity contribution is 0.276. The van der Waals surface area contributed by atoms with Crippen LogP contribution in [0, 0.1) is 5.92 Å². The van der Waals surface area contributed by atoms with Crippen LogP contribution in [0.3, 0.4) is 0 Å². The largest absolute Gasteiger partial charge is 0.445 e. The number of nitrogens with one attached hydrogen (secondary N) is 1. The van der Waals surface area contributed by atoms with E-state index in [1.165, 1.54) is 32.1 Å². The first-order chi connectivity index (χ1) is 9.16. The van der Waals surface area contributed by atoms with Crippen molar-refractivity contribution in [3.05, 3.63) is 17.8 Å². The Morgan fingerprint density at radius 1 is 1.37 bits per heavy atom. The SMILES string of the molecule is CNCCCc1ncc(C2(CC(C)C)CCCC2)o1. The molecular weight excluding hydrogens is 236 g/mol. The lowest BCUT2D eigenvalue weighted by atomic mass is 9.77. The maximum atomic E-state index is 6.08. The Labute approximate surface area is 117 Å². The predicted octanol–water partition coefficient (Wildman–Crippen LogP) is 3.68. The molecule has 108 valence electrons. The normalized spacial score (nSPS) is 18.3. The van der Waals surface area contributed by atoms with E-state index in [0.717, 1.165) is 37.0 Å². The van der Waals surface area contributed by atoms with Gasteiger partial charge in [-0.2, -0.15) is 0 Å². The number of aromatic nitrogens is 1. The molecule has 1 aromatic heterocycles. The topological polar surface area (TPSA) is 38.1 Å². The summed E-state index contributed by atoms with van der Waals surface area (Å²) in [6.45, 7) is 5.64. The van der Waals surface area contributed by atoms with Gasteiger partial charge in [-0.3, -0.25) is 0 Å². The smallest absolute Gasteiger partial charge is 0.194 e. The summed E-state index contributed by atoms with van der Waals surface area (Å²) >= 11 is 0. The van der Waals surface area contributed by atoms with Gasteiger partial charge in [-0.25, -0.2) is 4.98 Å². The molecule has 3 heteroatoms. The summed E-state index contributed by atoms with van der Waals surface area (Å²) in [6, 6.07) is 0. The average molecular weight is 264 g/mol. The summed E-state index contributed by atoms with van der Waals surface area (Å²) in [4.78, 5) is 4.49. The molecule has 3 nitrogen and oxygen atoms in total. The van der Waals surface area contributed by atoms with E-state index < -0.39 is 0 Å². The third-order valence-corrected chi connectivity index (χ3v) is 4.25. The molecule has 1 fully saturated rings. The molecule has 0 aromatic carbocycles. The van der Waals surface area contributed by atoms with Crippen LogP contribution in [-0.2, 0) is 11.8 Å². The fourth-order valence-corrected chi connectivity index (χ4v) is 3.47. The molecule has 1 N–H and O–H groups in total. The summed E-state index contributed by atoms with van der Waals surface area (Å²) in [5.74, 6) is 2.79. The Morgan fingerprint density at radius 2 is 2.11 bits per heavy atom. The Balaban J connectivity index is 2.05. The van der Waals surface area contributed by atoms with E-state index in [1.807, 2.05) is 13.2 Å². The molecule has 2 rings (SSSR count). The van der Waals surface area contributed by atoms with Gasteiger partial charge in [0.15, 0.2) is 5.89 Å². The van der Waals surface area contributed by atoms with Gasteiger partial charge in [-0.15, -0.1) is 0 Å². The lowest BCUT2D eigenvalue weighted by Crippen LogP contribution is -2.23. The number of hydrogen-bond acceptors (Lipinski definition) is 3. The first-order valence-electron chi connectivity index (χ1n) is 7.76. The second-order valence-corrected chi connectivity index (χ2v) is 6.41. The second kappa shape index (κ2) is 6.56. The summed E-state index contributed by atoms with van der Waals surface area (Å²) in [7, 11) is 1.98. The Bertz CT molecular complexity index is 378. The first-order valence-corrected chi connectivity index (χ1v) is 7.76. The van der Waals surface area contributed by atoms with Crippen molar-refractivity contribution in [1.82, 2.24) is 10.3 Å². The van der Waals surface area contributed by atoms with E-state index in [0.29, 0.717) is 0 Å². The molecule has 0 bridgehead atoms. The number of hydrogen-bond donors (Lipinski definition) is 1. The summed E-state index contributed by atoms with van der Waals surface area (Å²) < 4.78 is 6.08. The van der Waals surface area contributed by atoms with Gasteiger partial charge in [0.25, 0.3) is 0 Å². The van der Waals surface area contributed by atoms with Crippen LogP contribution in [0.5, 0.6) is 0 Å². The molecule has 0 amide bonds. The molecule has 0 aliphatic heterocycles. The summed E-state index contributed by atoms with van der Waals surface area (Å²) in [5.41, 5.74) is 0.280. The molecule has 0 saturated heterocycles. The number of rotatable bonds is 7. The van der Waals surface area contributed by atoms with Crippen molar-refractivity contribution in [2.45, 2.75) is 64.2 Å². The van der Waals surface area contributed by atoms with Gasteiger partial charge in [0.05, 0.1) is 6.20 Å². The van der Waals surface area contributed by atoms with Crippen LogP contribution in [0.4, 0.5) is 0 Å². The van der Waals surface area contributed by atoms with E-state index in [1.54, 1.807) is 0 Å². The number of aryl methyl sites for hydroxylation is 1. The van der Waals surface area contributed by atoms with Gasteiger partial charge in [0.2, 0.25) is 0 Å². The van der Waals surface area contributed by atoms with Crippen molar-refractivity contribution in [3.8, 4) is 0 Å². The zero-order valence-corrected chi connectivity index (χ0v) is 12.7. The van der Waals surface area contributed by atoms with E-state index in [9.17, 15) is 0 Å². The molecule has 1 saturated carbocycles. The van der Waals surface area contributed by atoms with Crippen molar-refractivity contribution in [2.75, 3.05) is 13.6 Å². The maximum Gasteiger partial charge on any atom is 0.194 e. The van der Waals surface area contributed by atoms with Crippen molar-refractivity contribution in [1.29, 1.82) is 0 Å². The Kier molecular flexibility index (Phi) is 5.03. The lowest BCUT2D eigenvalue weighted by Gasteiger charge is -2.28. The van der Waals surface area contributed by atoms with Crippen molar-refractivity contribution >= 4 is 0 Å². The molecular formula is C16H28N2O. The Hall–Kier alpha value is -0.830. The first kappa shape index (κ1) is 14.6. The predicted molar refractivity (Wildman–Crippen MR) is 78.4 cm³/mol. The van der Waals surface area contributed by atoms with Crippen LogP contribution in [0.1, 0.15) is 64.0 Å². The van der Waals surface area contributed by atoms with Crippen LogP contribution >= 0.6 is 0 Å². The van der Waals surface area contributed by atoms with E-state index in [4.69, 9.17) is 4.42 Å². The molecule has 0 unspecified atom stereocenters. The van der Waals surface area contributed by atoms with Gasteiger partial charge in [0.1, 0.15) is 5.76 Å². The number of oxazole rings is 1. The van der Waals surface area contributed by atoms with Gasteiger partial charge < -0.3 is 9.73 Å². The minimum absolute atomic E-state index is 0.280. The zero-order chi connectivity index (χ0) is 13.7. The molecule has 0 radical (unpaired) electrons. The zero-order valence-electron chi connectivity index (χ0n) is 12.7. The van der Waals surface area contributed by atoms with Crippen LogP contribution in [0.25, 0.3) is 0 Å². The molecule has 1 heterocycles. The quantitative estimate of drug-likeness (QED) is 0.763. The third-order valence-electron chi connectivity index (χ3n) is 4.25. The van der Waals surface area contributed by atoms with Crippen LogP contribution in [0.15, 0.2) is 10.6 Å². The van der Waals surface area contributed by atoms with E-state index >= 15 is 0 Å². The monoisotopic (exact) mass is 264 g/mol. The summed E-state index contributed by atoms with van der Waals surface area (Å²) in [5, 5.41) is 3.16. The molecule has 1 aliphatic carbocycles. The average Bonchev–Trinajstić information content (AvgIpc) is 2.98. The van der Waals surface area contributed by atoms with Crippen molar-refractivity contribution in [3.63, 3.8) is 0 Å². The van der Waals surface area contributed by atoms with Gasteiger partial charge in [0, 0.05) is 11.8 Å². The third kappa shape index (κ3) is 3.59. The van der Waals surface area contributed by atoms with Crippen LogP contribution in [0.2, 0.25) is 0 Å². The summed E-state index contributed by atoms with van der Waals surface area (Å²) in [6.07, 6.45) is 10.5. The molecule has 0 spiro atoms. The van der Waals surface area contributed by atoms with Crippen LogP contribution in [-0.4, -0.2) is 18.6 Å². The van der Waals surface area contributed by atoms with Gasteiger partial charge >= 0.3 is 0 Å². The molecule has 1 aliphatic rings. The fraction of sp³-hybridized carbons (Fsp3) is 0.812. The highest BCUT2D eigenvalue weighted by atomic mass is 16.4. The van der Waals surface area contributed by atoms with E-state index in [2.05, 4.69) is 24.1 Å². The molecule has 19 heavy (non-hydrogen) atoms. The van der Waals surface area contributed by atoms with Crippen molar-refractivity contribution in [2.24, 2.45) is 5.92 Å². The molecule has 1 aromatic rings. The van der Waals surface area contributed by atoms with Gasteiger partial charge in [-0.05, 0) is 45.2 Å². The highest BCUT2D eigenvalue weighted by molar-refractivity contribution is 5.14. The fourth-order valence-electron chi connectivity index (χ4n) is 3.47. The highest BCUT2D eigenvalue weighted by Crippen LogP contribution is 2.45. The highest BCUT2D eigenvalue weighted by Gasteiger charge is 2.39. The number of nitrogens with zero attached hydrogens (tertiary/aromatic N) is 1. The second-order valence-electron chi connectivity index (χ2n) is 6.41. The minimum Gasteiger partial charge on any atom is -0.445 e. The van der Waals surface area contributed by atoms with Gasteiger partial charge in [-0.1, -0.05) is 26.7 Å². The minimum atomic E-state index is 0.280. The Morgan fingerprint density at radius 3 is 2.74 bits per heavy atom. The molecule has 0 atom stereocenters. The van der Waals surface area contributed by atoms with Crippen LogP contribution < -0.4 is 5.32 Å². The van der Waals surface area contributed by atoms with Crippen molar-refractivity contribution < 1.29 is 4.42 Å². The van der Waals surface area contributed by atoms with E-state index in [-0.39, 0.29) is 5.41 Å².